The van der Waals surface area contributed by atoms with Gasteiger partial charge in [-0.25, -0.2) is 0 Å². The van der Waals surface area contributed by atoms with E-state index in [4.69, 9.17) is 34.5 Å². The molecule has 4 aliphatic heterocycles. The van der Waals surface area contributed by atoms with E-state index in [9.17, 15) is 48.6 Å². The molecule has 20 N–H and O–H groups in total. The lowest BCUT2D eigenvalue weighted by Crippen LogP contribution is -2.62. The summed E-state index contributed by atoms with van der Waals surface area (Å²) in [5.41, 5.74) is 27.5. The number of carbonyl (C=O) groups is 16. The summed E-state index contributed by atoms with van der Waals surface area (Å²) in [6.07, 6.45) is 3.15. The van der Waals surface area contributed by atoms with Gasteiger partial charge in [0.05, 0.1) is 18.6 Å². The number of carboxylic acid groups (broad SMARTS) is 1. The number of nitrogens with one attached hydrogen (secondary N) is 10. The number of benzene rings is 3. The number of rotatable bonds is 23. The van der Waals surface area contributed by atoms with Gasteiger partial charge in [0, 0.05) is 112 Å². The Morgan fingerprint density at radius 1 is 0.508 bits per heavy atom. The van der Waals surface area contributed by atoms with E-state index in [0.29, 0.717) is 82.0 Å². The molecule has 0 spiro atoms. The molecule has 3 aromatic carbocycles. The summed E-state index contributed by atoms with van der Waals surface area (Å²) < 4.78 is 1.47. The van der Waals surface area contributed by atoms with Crippen molar-refractivity contribution in [2.45, 2.75) is 274 Å². The maximum Gasteiger partial charge on any atom is 0.323 e. The van der Waals surface area contributed by atoms with E-state index >= 15 is 38.4 Å². The fourth-order valence-electron chi connectivity index (χ4n) is 17.6. The molecule has 39 heteroatoms. The summed E-state index contributed by atoms with van der Waals surface area (Å²) in [4.78, 5) is 245. The minimum atomic E-state index is -1.69. The Morgan fingerprint density at radius 2 is 1.03 bits per heavy atom. The molecule has 4 fully saturated rings. The molecule has 15 amide bonds. The average molecular weight is 1830 g/mol. The molecule has 2 aromatic heterocycles. The molecule has 130 heavy (non-hydrogen) atoms. The monoisotopic (exact) mass is 1830 g/mol. The maximum atomic E-state index is 15.9. The number of aromatic nitrogens is 2. The summed E-state index contributed by atoms with van der Waals surface area (Å²) in [5.74, 6) is -14.2. The second-order valence-electron chi connectivity index (χ2n) is 35.4. The standard InChI is InChI=1S/C91H131ClN20O18/c1-9-11-25-71-83(122)100-63(39-51(3)4)79(118)97-36-19-23-60(95)78(117)102-66(41-53-30-32-56(92)33-31-53)88(127)110-37-18-17-28-72(110)84(123)105-68(45-76(96)114)89(128)111-38-20-29-73(111)85(124)106-69(46-94)82(121)103-65(40-52(5)6)90(129)112-49-57(113)44-75(112)86(125)101-64(42-54-47-98-61-24-15-13-21-58(54)61)81(120)99-62(34-35-93)80(119)104-67(87(126)108(8)74(26-12-10-2)91(130)107(71)7)43-55-48-109(50-77(115)116)70-27-16-14-22-59(55)70/h13-16,21-22,24,27,30-33,47-48,51-52,57,60,62-69,71-75,98,113H,9-12,17-20,23,25-26,28-29,34-46,49-50,93-95H2,1-8H3,(H2,96,114)(H,97,118)(H,99,120)(H,100,122)(H,101,125)(H,102,117)(H,103,121)(H,104,119)(H,105,123)(H,106,124)(H,115,116)/t57-,60+,62+,63+,64+,65+,66+,67+,68+,69+,71+,72+,73+,74+,75+/m1/s1. The molecule has 4 aliphatic rings. The van der Waals surface area contributed by atoms with Gasteiger partial charge in [0.25, 0.3) is 0 Å². The molecule has 38 nitrogen and oxygen atoms in total. The Morgan fingerprint density at radius 3 is 1.68 bits per heavy atom. The van der Waals surface area contributed by atoms with Crippen LogP contribution in [-0.2, 0) is 103 Å². The second kappa shape index (κ2) is 48.3. The van der Waals surface area contributed by atoms with Crippen molar-refractivity contribution in [3.05, 3.63) is 107 Å². The van der Waals surface area contributed by atoms with Crippen LogP contribution < -0.4 is 70.8 Å². The molecule has 0 bridgehead atoms. The fourth-order valence-corrected chi connectivity index (χ4v) is 17.8. The fraction of sp³-hybridized carbons (Fsp3) is 0.582. The number of nitrogens with two attached hydrogens (primary N) is 4. The molecule has 0 radical (unpaired) electrons. The van der Waals surface area contributed by atoms with Crippen molar-refractivity contribution in [3.8, 4) is 0 Å². The SMILES string of the molecule is CCCC[C@H]1C(=O)N(C)[C@@H](CCCC)C(=O)N[C@@H](CC(C)C)C(=O)NCCC[C@H](N)C(=O)N[C@@H](Cc2ccc(Cl)cc2)C(=O)N2CCCC[C@H]2C(=O)N[C@@H](CC(N)=O)C(=O)N2CCC[C@H]2C(=O)N[C@@H](CN)C(=O)N[C@@H](CC(C)C)C(=O)N2C[C@H](O)C[C@H]2C(=O)N[C@@H](Cc2c[nH]c3ccccc23)C(=O)N[C@@H](CCN)C(=O)N[C@@H](Cc2cn(CC(=O)O)c3ccccc23)C(=O)N1C. The number of hydrogen-bond acceptors (Lipinski definition) is 20. The molecule has 0 aliphatic carbocycles. The molecule has 710 valence electrons. The number of para-hydroxylation sites is 2. The van der Waals surface area contributed by atoms with Crippen LogP contribution in [0.3, 0.4) is 0 Å². The number of aromatic amines is 1. The lowest BCUT2D eigenvalue weighted by molar-refractivity contribution is -0.149. The van der Waals surface area contributed by atoms with Gasteiger partial charge < -0.3 is 115 Å². The lowest BCUT2D eigenvalue weighted by atomic mass is 9.97. The molecule has 15 atom stereocenters. The molecule has 4 saturated heterocycles. The number of unbranched alkanes of at least 4 members (excludes halogenated alkanes) is 2. The number of amides is 15. The van der Waals surface area contributed by atoms with E-state index in [1.54, 1.807) is 99.0 Å². The number of aliphatic carboxylic acids is 1. The molecular formula is C91H131ClN20O18. The van der Waals surface area contributed by atoms with Crippen molar-refractivity contribution in [2.24, 2.45) is 34.8 Å². The number of hydrogen-bond donors (Lipinski definition) is 16. The third-order valence-electron chi connectivity index (χ3n) is 24.6. The van der Waals surface area contributed by atoms with Crippen molar-refractivity contribution >= 4 is 128 Å². The predicted molar refractivity (Wildman–Crippen MR) is 484 cm³/mol. The van der Waals surface area contributed by atoms with Crippen molar-refractivity contribution in [1.29, 1.82) is 0 Å². The number of H-pyrrole nitrogens is 1. The molecular weight excluding hydrogens is 1700 g/mol. The van der Waals surface area contributed by atoms with Crippen molar-refractivity contribution in [2.75, 3.05) is 53.4 Å². The van der Waals surface area contributed by atoms with E-state index in [1.165, 1.54) is 33.4 Å². The number of fused-ring (bicyclic) bond motifs is 5. The Hall–Kier alpha value is -11.6. The summed E-state index contributed by atoms with van der Waals surface area (Å²) in [6.45, 7) is 9.15. The first-order chi connectivity index (χ1) is 61.9. The largest absolute Gasteiger partial charge is 0.480 e. The number of nitrogens with zero attached hydrogens (tertiary/aromatic N) is 6. The van der Waals surface area contributed by atoms with E-state index in [2.05, 4.69) is 52.8 Å². The zero-order valence-electron chi connectivity index (χ0n) is 75.5. The zero-order valence-corrected chi connectivity index (χ0v) is 76.2. The van der Waals surface area contributed by atoms with Crippen LogP contribution in [-0.4, -0.2) is 283 Å². The van der Waals surface area contributed by atoms with Crippen molar-refractivity contribution in [3.63, 3.8) is 0 Å². The van der Waals surface area contributed by atoms with Crippen LogP contribution in [0.25, 0.3) is 21.8 Å². The van der Waals surface area contributed by atoms with Crippen LogP contribution in [0.5, 0.6) is 0 Å². The van der Waals surface area contributed by atoms with Gasteiger partial charge in [0.1, 0.15) is 85.1 Å². The van der Waals surface area contributed by atoms with Gasteiger partial charge in [0.2, 0.25) is 88.6 Å². The van der Waals surface area contributed by atoms with E-state index in [1.807, 2.05) is 27.7 Å². The van der Waals surface area contributed by atoms with Gasteiger partial charge in [-0.2, -0.15) is 0 Å². The second-order valence-corrected chi connectivity index (χ2v) is 35.8. The van der Waals surface area contributed by atoms with Crippen molar-refractivity contribution in [1.82, 2.24) is 81.9 Å². The van der Waals surface area contributed by atoms with Crippen LogP contribution in [0.15, 0.2) is 85.2 Å². The normalized spacial score (nSPS) is 26.0. The van der Waals surface area contributed by atoms with Crippen LogP contribution in [0.2, 0.25) is 5.02 Å². The molecule has 0 saturated carbocycles. The highest BCUT2D eigenvalue weighted by Crippen LogP contribution is 2.30. The summed E-state index contributed by atoms with van der Waals surface area (Å²) in [6, 6.07) is 0.470. The first kappa shape index (κ1) is 102. The van der Waals surface area contributed by atoms with Gasteiger partial charge in [-0.15, -0.1) is 0 Å². The summed E-state index contributed by atoms with van der Waals surface area (Å²) in [5, 5.41) is 48.0. The number of aliphatic hydroxyl groups excluding tert-OH is 1. The highest BCUT2D eigenvalue weighted by atomic mass is 35.5. The van der Waals surface area contributed by atoms with Gasteiger partial charge in [-0.05, 0) is 136 Å². The van der Waals surface area contributed by atoms with Gasteiger partial charge in [-0.3, -0.25) is 76.7 Å². The van der Waals surface area contributed by atoms with Gasteiger partial charge >= 0.3 is 5.97 Å². The highest BCUT2D eigenvalue weighted by molar-refractivity contribution is 6.30. The van der Waals surface area contributed by atoms with E-state index < -0.39 is 211 Å². The number of likely N-dealkylation sites (N-methyl/N-ethyl adjacent to an activating group) is 2. The number of primary amides is 1. The minimum absolute atomic E-state index is 0.0115. The van der Waals surface area contributed by atoms with E-state index in [0.717, 1.165) is 9.80 Å². The quantitative estimate of drug-likeness (QED) is 0.0427. The Bertz CT molecular complexity index is 4850. The first-order valence-corrected chi connectivity index (χ1v) is 45.7. The third kappa shape index (κ3) is 27.3. The predicted octanol–water partition coefficient (Wildman–Crippen LogP) is 0.648. The van der Waals surface area contributed by atoms with Crippen LogP contribution in [0.4, 0.5) is 0 Å². The summed E-state index contributed by atoms with van der Waals surface area (Å²) >= 11 is 6.28. The number of carboxylic acids is 1. The van der Waals surface area contributed by atoms with Crippen LogP contribution >= 0.6 is 11.6 Å². The number of piperidine rings is 1. The van der Waals surface area contributed by atoms with E-state index in [-0.39, 0.29) is 128 Å². The zero-order chi connectivity index (χ0) is 94.9. The number of aliphatic hydroxyl groups is 1. The number of halogens is 1. The Kier molecular flexibility index (Phi) is 38.0. The maximum absolute atomic E-state index is 15.9. The average Bonchev–Trinajstić information content (AvgIpc) is 1.64. The Labute approximate surface area is 761 Å². The first-order valence-electron chi connectivity index (χ1n) is 45.3. The smallest absolute Gasteiger partial charge is 0.323 e. The molecule has 9 rings (SSSR count). The van der Waals surface area contributed by atoms with Crippen LogP contribution in [0, 0.1) is 11.8 Å². The molecule has 0 unspecified atom stereocenters. The highest BCUT2D eigenvalue weighted by Gasteiger charge is 2.47. The van der Waals surface area contributed by atoms with Gasteiger partial charge in [-0.1, -0.05) is 127 Å². The third-order valence-corrected chi connectivity index (χ3v) is 24.8. The molecule has 6 heterocycles. The topological polar surface area (TPSA) is 563 Å². The lowest BCUT2D eigenvalue weighted by Gasteiger charge is -2.38. The summed E-state index contributed by atoms with van der Waals surface area (Å²) in [7, 11) is 2.82. The number of carbonyl (C=O) groups excluding carboxylic acids is 15. The Balaban J connectivity index is 1.08. The van der Waals surface area contributed by atoms with Crippen LogP contribution in [0.1, 0.15) is 174 Å². The molecule has 5 aromatic rings. The minimum Gasteiger partial charge on any atom is -0.480 e. The van der Waals surface area contributed by atoms with Crippen molar-refractivity contribution < 1.29 is 86.9 Å². The van der Waals surface area contributed by atoms with Gasteiger partial charge in [0.15, 0.2) is 0 Å².